The molecule has 1 aromatic rings. The van der Waals surface area contributed by atoms with Gasteiger partial charge in [-0.1, -0.05) is 12.2 Å². The highest BCUT2D eigenvalue weighted by Gasteiger charge is 2.25. The molecule has 0 radical (unpaired) electrons. The van der Waals surface area contributed by atoms with E-state index in [0.29, 0.717) is 19.0 Å². The van der Waals surface area contributed by atoms with Gasteiger partial charge in [-0.15, -0.1) is 0 Å². The first-order valence-corrected chi connectivity index (χ1v) is 7.25. The molecule has 106 valence electrons. The summed E-state index contributed by atoms with van der Waals surface area (Å²) >= 11 is 0. The van der Waals surface area contributed by atoms with Gasteiger partial charge in [0, 0.05) is 24.4 Å². The second-order valence-corrected chi connectivity index (χ2v) is 5.52. The SMILES string of the molecule is O=C(NCCn1nc(C2CC2)ccc1=O)C1CC=CC1. The summed E-state index contributed by atoms with van der Waals surface area (Å²) in [5.41, 5.74) is 0.891. The fraction of sp³-hybridized carbons (Fsp3) is 0.533. The van der Waals surface area contributed by atoms with Crippen LogP contribution in [-0.4, -0.2) is 22.2 Å². The first-order chi connectivity index (χ1) is 9.74. The van der Waals surface area contributed by atoms with E-state index in [1.807, 2.05) is 18.2 Å². The molecule has 1 fully saturated rings. The summed E-state index contributed by atoms with van der Waals surface area (Å²) in [5, 5.41) is 7.26. The molecule has 0 aromatic carbocycles. The molecule has 3 rings (SSSR count). The molecule has 1 N–H and O–H groups in total. The first kappa shape index (κ1) is 13.1. The van der Waals surface area contributed by atoms with Gasteiger partial charge in [-0.3, -0.25) is 9.59 Å². The predicted molar refractivity (Wildman–Crippen MR) is 75.3 cm³/mol. The molecular weight excluding hydrogens is 254 g/mol. The van der Waals surface area contributed by atoms with Crippen LogP contribution >= 0.6 is 0 Å². The van der Waals surface area contributed by atoms with Crippen LogP contribution in [0.2, 0.25) is 0 Å². The summed E-state index contributed by atoms with van der Waals surface area (Å²) in [4.78, 5) is 23.6. The van der Waals surface area contributed by atoms with Crippen molar-refractivity contribution >= 4 is 5.91 Å². The first-order valence-electron chi connectivity index (χ1n) is 7.25. The van der Waals surface area contributed by atoms with Crippen molar-refractivity contribution in [2.45, 2.75) is 38.1 Å². The Morgan fingerprint density at radius 3 is 2.75 bits per heavy atom. The summed E-state index contributed by atoms with van der Waals surface area (Å²) in [6.45, 7) is 0.891. The number of hydrogen-bond donors (Lipinski definition) is 1. The van der Waals surface area contributed by atoms with Gasteiger partial charge in [-0.05, 0) is 31.7 Å². The Labute approximate surface area is 117 Å². The number of allylic oxidation sites excluding steroid dienone is 2. The third kappa shape index (κ3) is 2.98. The van der Waals surface area contributed by atoms with Gasteiger partial charge < -0.3 is 5.32 Å². The molecule has 5 nitrogen and oxygen atoms in total. The highest BCUT2D eigenvalue weighted by molar-refractivity contribution is 5.79. The van der Waals surface area contributed by atoms with Crippen molar-refractivity contribution in [1.82, 2.24) is 15.1 Å². The predicted octanol–water partition coefficient (Wildman–Crippen LogP) is 1.20. The molecule has 0 spiro atoms. The Balaban J connectivity index is 1.54. The van der Waals surface area contributed by atoms with Gasteiger partial charge in [-0.2, -0.15) is 5.10 Å². The zero-order valence-corrected chi connectivity index (χ0v) is 11.4. The smallest absolute Gasteiger partial charge is 0.266 e. The molecular formula is C15H19N3O2. The fourth-order valence-electron chi connectivity index (χ4n) is 2.48. The van der Waals surface area contributed by atoms with Crippen molar-refractivity contribution < 1.29 is 4.79 Å². The van der Waals surface area contributed by atoms with Gasteiger partial charge >= 0.3 is 0 Å². The van der Waals surface area contributed by atoms with Crippen LogP contribution in [-0.2, 0) is 11.3 Å². The largest absolute Gasteiger partial charge is 0.354 e. The molecule has 5 heteroatoms. The summed E-state index contributed by atoms with van der Waals surface area (Å²) in [6.07, 6.45) is 8.04. The summed E-state index contributed by atoms with van der Waals surface area (Å²) in [6, 6.07) is 3.39. The maximum atomic E-state index is 11.8. The molecule has 0 atom stereocenters. The molecule has 1 saturated carbocycles. The van der Waals surface area contributed by atoms with E-state index in [4.69, 9.17) is 0 Å². The Morgan fingerprint density at radius 2 is 2.05 bits per heavy atom. The van der Waals surface area contributed by atoms with Crippen molar-refractivity contribution in [2.75, 3.05) is 6.54 Å². The minimum atomic E-state index is -0.105. The van der Waals surface area contributed by atoms with Crippen molar-refractivity contribution in [3.8, 4) is 0 Å². The normalized spacial score (nSPS) is 18.4. The number of aromatic nitrogens is 2. The van der Waals surface area contributed by atoms with E-state index < -0.39 is 0 Å². The monoisotopic (exact) mass is 273 g/mol. The topological polar surface area (TPSA) is 64.0 Å². The van der Waals surface area contributed by atoms with Crippen molar-refractivity contribution in [2.24, 2.45) is 5.92 Å². The van der Waals surface area contributed by atoms with Crippen LogP contribution in [0.25, 0.3) is 0 Å². The molecule has 1 heterocycles. The lowest BCUT2D eigenvalue weighted by atomic mass is 10.1. The van der Waals surface area contributed by atoms with Gasteiger partial charge in [0.2, 0.25) is 5.91 Å². The summed E-state index contributed by atoms with van der Waals surface area (Å²) in [5.74, 6) is 0.667. The number of carbonyl (C=O) groups excluding carboxylic acids is 1. The number of carbonyl (C=O) groups is 1. The Hall–Kier alpha value is -1.91. The third-order valence-corrected chi connectivity index (χ3v) is 3.88. The van der Waals surface area contributed by atoms with Crippen LogP contribution in [0.5, 0.6) is 0 Å². The lowest BCUT2D eigenvalue weighted by Gasteiger charge is -2.11. The zero-order valence-electron chi connectivity index (χ0n) is 11.4. The maximum Gasteiger partial charge on any atom is 0.266 e. The Morgan fingerprint density at radius 1 is 1.30 bits per heavy atom. The van der Waals surface area contributed by atoms with E-state index in [0.717, 1.165) is 31.4 Å². The maximum absolute atomic E-state index is 11.8. The average molecular weight is 273 g/mol. The van der Waals surface area contributed by atoms with Crippen molar-refractivity contribution in [1.29, 1.82) is 0 Å². The van der Waals surface area contributed by atoms with Crippen LogP contribution in [0, 0.1) is 5.92 Å². The van der Waals surface area contributed by atoms with E-state index in [-0.39, 0.29) is 17.4 Å². The number of hydrogen-bond acceptors (Lipinski definition) is 3. The molecule has 0 saturated heterocycles. The number of nitrogens with one attached hydrogen (secondary N) is 1. The lowest BCUT2D eigenvalue weighted by molar-refractivity contribution is -0.124. The van der Waals surface area contributed by atoms with Gasteiger partial charge in [0.15, 0.2) is 0 Å². The van der Waals surface area contributed by atoms with Gasteiger partial charge in [-0.25, -0.2) is 4.68 Å². The summed E-state index contributed by atoms with van der Waals surface area (Å²) < 4.78 is 1.46. The Bertz CT molecular complexity index is 579. The number of nitrogens with zero attached hydrogens (tertiary/aromatic N) is 2. The van der Waals surface area contributed by atoms with E-state index >= 15 is 0 Å². The minimum absolute atomic E-state index is 0.0671. The summed E-state index contributed by atoms with van der Waals surface area (Å²) in [7, 11) is 0. The van der Waals surface area contributed by atoms with Crippen LogP contribution in [0.1, 0.15) is 37.3 Å². The molecule has 0 aliphatic heterocycles. The molecule has 1 aromatic heterocycles. The van der Waals surface area contributed by atoms with Crippen LogP contribution < -0.4 is 10.9 Å². The molecule has 2 aliphatic rings. The van der Waals surface area contributed by atoms with Crippen LogP contribution in [0.4, 0.5) is 0 Å². The number of amides is 1. The highest BCUT2D eigenvalue weighted by atomic mass is 16.2. The minimum Gasteiger partial charge on any atom is -0.354 e. The molecule has 1 amide bonds. The van der Waals surface area contributed by atoms with Crippen LogP contribution in [0.3, 0.4) is 0 Å². The second kappa shape index (κ2) is 5.61. The zero-order chi connectivity index (χ0) is 13.9. The quantitative estimate of drug-likeness (QED) is 0.820. The van der Waals surface area contributed by atoms with E-state index in [9.17, 15) is 9.59 Å². The highest BCUT2D eigenvalue weighted by Crippen LogP contribution is 2.38. The average Bonchev–Trinajstić information content (AvgIpc) is 3.15. The number of rotatable bonds is 5. The fourth-order valence-corrected chi connectivity index (χ4v) is 2.48. The molecule has 20 heavy (non-hydrogen) atoms. The van der Waals surface area contributed by atoms with Crippen molar-refractivity contribution in [3.63, 3.8) is 0 Å². The van der Waals surface area contributed by atoms with E-state index in [1.165, 1.54) is 4.68 Å². The van der Waals surface area contributed by atoms with E-state index in [2.05, 4.69) is 10.4 Å². The molecule has 2 aliphatic carbocycles. The van der Waals surface area contributed by atoms with Gasteiger partial charge in [0.25, 0.3) is 5.56 Å². The lowest BCUT2D eigenvalue weighted by Crippen LogP contribution is -2.35. The second-order valence-electron chi connectivity index (χ2n) is 5.52. The molecule has 0 unspecified atom stereocenters. The molecule has 0 bridgehead atoms. The van der Waals surface area contributed by atoms with Crippen molar-refractivity contribution in [3.05, 3.63) is 40.3 Å². The third-order valence-electron chi connectivity index (χ3n) is 3.88. The standard InChI is InChI=1S/C15H19N3O2/c19-14-8-7-13(11-5-6-11)17-18(14)10-9-16-15(20)12-3-1-2-4-12/h1-2,7-8,11-12H,3-6,9-10H2,(H,16,20). The van der Waals surface area contributed by atoms with E-state index in [1.54, 1.807) is 6.07 Å². The van der Waals surface area contributed by atoms with Crippen LogP contribution in [0.15, 0.2) is 29.1 Å². The van der Waals surface area contributed by atoms with Gasteiger partial charge in [0.05, 0.1) is 12.2 Å². The Kier molecular flexibility index (Phi) is 3.67. The van der Waals surface area contributed by atoms with Gasteiger partial charge in [0.1, 0.15) is 0 Å².